The lowest BCUT2D eigenvalue weighted by Crippen LogP contribution is -2.30. The molecule has 0 aliphatic heterocycles. The molecule has 21 heavy (non-hydrogen) atoms. The van der Waals surface area contributed by atoms with E-state index in [1.165, 1.54) is 28.8 Å². The van der Waals surface area contributed by atoms with E-state index < -0.39 is 0 Å². The lowest BCUT2D eigenvalue weighted by atomic mass is 10.0. The molecule has 0 spiro atoms. The first kappa shape index (κ1) is 15.7. The van der Waals surface area contributed by atoms with Crippen molar-refractivity contribution >= 4 is 0 Å². The first-order chi connectivity index (χ1) is 9.94. The Morgan fingerprint density at radius 3 is 2.10 bits per heavy atom. The Morgan fingerprint density at radius 2 is 1.52 bits per heavy atom. The first-order valence-corrected chi connectivity index (χ1v) is 7.52. The molecule has 2 aromatic rings. The maximum absolute atomic E-state index is 12.9. The van der Waals surface area contributed by atoms with Gasteiger partial charge in [0.15, 0.2) is 0 Å². The van der Waals surface area contributed by atoms with Crippen molar-refractivity contribution in [3.05, 3.63) is 70.5 Å². The fourth-order valence-electron chi connectivity index (χ4n) is 2.82. The molecule has 2 unspecified atom stereocenters. The molecule has 0 bridgehead atoms. The zero-order valence-electron chi connectivity index (χ0n) is 13.3. The van der Waals surface area contributed by atoms with Crippen molar-refractivity contribution in [1.82, 2.24) is 5.32 Å². The smallest absolute Gasteiger partial charge is 0.123 e. The number of benzene rings is 2. The molecule has 0 saturated heterocycles. The van der Waals surface area contributed by atoms with Gasteiger partial charge in [-0.2, -0.15) is 0 Å². The van der Waals surface area contributed by atoms with Gasteiger partial charge in [-0.3, -0.25) is 0 Å². The number of halogens is 1. The molecule has 0 radical (unpaired) electrons. The fourth-order valence-corrected chi connectivity index (χ4v) is 2.82. The van der Waals surface area contributed by atoms with E-state index in [1.807, 2.05) is 12.1 Å². The molecule has 2 atom stereocenters. The van der Waals surface area contributed by atoms with Gasteiger partial charge in [-0.1, -0.05) is 41.5 Å². The van der Waals surface area contributed by atoms with Crippen LogP contribution >= 0.6 is 0 Å². The molecule has 0 aliphatic carbocycles. The van der Waals surface area contributed by atoms with E-state index >= 15 is 0 Å². The van der Waals surface area contributed by atoms with Crippen molar-refractivity contribution in [2.45, 2.75) is 46.2 Å². The van der Waals surface area contributed by atoms with Crippen molar-refractivity contribution in [3.63, 3.8) is 0 Å². The lowest BCUT2D eigenvalue weighted by molar-refractivity contribution is 0.476. The Balaban J connectivity index is 1.98. The Labute approximate surface area is 127 Å². The predicted octanol–water partition coefficient (Wildman–Crippen LogP) is 4.72. The van der Waals surface area contributed by atoms with E-state index in [4.69, 9.17) is 0 Å². The summed E-state index contributed by atoms with van der Waals surface area (Å²) in [6.07, 6.45) is 0.898. The summed E-state index contributed by atoms with van der Waals surface area (Å²) in [6, 6.07) is 14.1. The van der Waals surface area contributed by atoms with E-state index in [1.54, 1.807) is 0 Å². The Hall–Kier alpha value is -1.67. The summed E-state index contributed by atoms with van der Waals surface area (Å²) in [5.74, 6) is -0.178. The highest BCUT2D eigenvalue weighted by atomic mass is 19.1. The van der Waals surface area contributed by atoms with E-state index in [2.05, 4.69) is 51.2 Å². The number of hydrogen-bond acceptors (Lipinski definition) is 1. The number of hydrogen-bond donors (Lipinski definition) is 1. The van der Waals surface area contributed by atoms with Crippen molar-refractivity contribution in [1.29, 1.82) is 0 Å². The minimum absolute atomic E-state index is 0.178. The summed E-state index contributed by atoms with van der Waals surface area (Å²) >= 11 is 0. The molecule has 0 heterocycles. The number of rotatable bonds is 5. The third-order valence-corrected chi connectivity index (χ3v) is 3.73. The molecule has 1 N–H and O–H groups in total. The SMILES string of the molecule is Cc1cc(C)cc(C(C)NC(C)Cc2ccc(F)cc2)c1. The molecule has 0 fully saturated rings. The topological polar surface area (TPSA) is 12.0 Å². The average Bonchev–Trinajstić information content (AvgIpc) is 2.40. The summed E-state index contributed by atoms with van der Waals surface area (Å²) in [7, 11) is 0. The van der Waals surface area contributed by atoms with Crippen LogP contribution in [0.3, 0.4) is 0 Å². The zero-order chi connectivity index (χ0) is 15.4. The van der Waals surface area contributed by atoms with Gasteiger partial charge < -0.3 is 5.32 Å². The van der Waals surface area contributed by atoms with Gasteiger partial charge in [0, 0.05) is 12.1 Å². The zero-order valence-corrected chi connectivity index (χ0v) is 13.3. The molecule has 2 aromatic carbocycles. The fraction of sp³-hybridized carbons (Fsp3) is 0.368. The second kappa shape index (κ2) is 6.86. The molecule has 2 rings (SSSR count). The monoisotopic (exact) mass is 285 g/mol. The number of nitrogens with one attached hydrogen (secondary N) is 1. The van der Waals surface area contributed by atoms with Gasteiger partial charge >= 0.3 is 0 Å². The summed E-state index contributed by atoms with van der Waals surface area (Å²) in [4.78, 5) is 0. The van der Waals surface area contributed by atoms with E-state index in [-0.39, 0.29) is 5.82 Å². The summed E-state index contributed by atoms with van der Waals surface area (Å²) in [5.41, 5.74) is 5.07. The minimum Gasteiger partial charge on any atom is -0.307 e. The molecular weight excluding hydrogens is 261 g/mol. The van der Waals surface area contributed by atoms with Crippen LogP contribution in [0.1, 0.15) is 42.1 Å². The molecule has 2 heteroatoms. The van der Waals surface area contributed by atoms with Crippen LogP contribution in [0.4, 0.5) is 4.39 Å². The van der Waals surface area contributed by atoms with Crippen molar-refractivity contribution < 1.29 is 4.39 Å². The summed E-state index contributed by atoms with van der Waals surface area (Å²) < 4.78 is 12.9. The highest BCUT2D eigenvalue weighted by Crippen LogP contribution is 2.18. The van der Waals surface area contributed by atoms with Gasteiger partial charge in [0.1, 0.15) is 5.82 Å². The van der Waals surface area contributed by atoms with Crippen LogP contribution in [0.5, 0.6) is 0 Å². The third-order valence-electron chi connectivity index (χ3n) is 3.73. The molecule has 0 aromatic heterocycles. The summed E-state index contributed by atoms with van der Waals surface area (Å²) in [5, 5.41) is 3.62. The van der Waals surface area contributed by atoms with Crippen LogP contribution in [0.15, 0.2) is 42.5 Å². The molecule has 1 nitrogen and oxygen atoms in total. The van der Waals surface area contributed by atoms with Crippen LogP contribution in [0.2, 0.25) is 0 Å². The average molecular weight is 285 g/mol. The van der Waals surface area contributed by atoms with Crippen LogP contribution < -0.4 is 5.32 Å². The second-order valence-electron chi connectivity index (χ2n) is 6.04. The van der Waals surface area contributed by atoms with Crippen LogP contribution in [-0.4, -0.2) is 6.04 Å². The van der Waals surface area contributed by atoms with Gasteiger partial charge in [0.2, 0.25) is 0 Å². The summed E-state index contributed by atoms with van der Waals surface area (Å²) in [6.45, 7) is 8.62. The van der Waals surface area contributed by atoms with Crippen LogP contribution in [0.25, 0.3) is 0 Å². The van der Waals surface area contributed by atoms with Gasteiger partial charge in [-0.25, -0.2) is 4.39 Å². The van der Waals surface area contributed by atoms with E-state index in [0.29, 0.717) is 12.1 Å². The van der Waals surface area contributed by atoms with Gasteiger partial charge in [0.05, 0.1) is 0 Å². The van der Waals surface area contributed by atoms with Crippen molar-refractivity contribution in [3.8, 4) is 0 Å². The Kier molecular flexibility index (Phi) is 5.13. The standard InChI is InChI=1S/C19H24FN/c1-13-9-14(2)11-18(10-13)16(4)21-15(3)12-17-5-7-19(20)8-6-17/h5-11,15-16,21H,12H2,1-4H3. The minimum atomic E-state index is -0.178. The van der Waals surface area contributed by atoms with Crippen molar-refractivity contribution in [2.24, 2.45) is 0 Å². The van der Waals surface area contributed by atoms with Gasteiger partial charge in [-0.15, -0.1) is 0 Å². The predicted molar refractivity (Wildman–Crippen MR) is 87.0 cm³/mol. The van der Waals surface area contributed by atoms with Crippen LogP contribution in [0, 0.1) is 19.7 Å². The van der Waals surface area contributed by atoms with E-state index in [0.717, 1.165) is 12.0 Å². The molecule has 112 valence electrons. The maximum atomic E-state index is 12.9. The second-order valence-corrected chi connectivity index (χ2v) is 6.04. The maximum Gasteiger partial charge on any atom is 0.123 e. The Bertz CT molecular complexity index is 569. The van der Waals surface area contributed by atoms with Crippen LogP contribution in [-0.2, 0) is 6.42 Å². The van der Waals surface area contributed by atoms with Gasteiger partial charge in [0.25, 0.3) is 0 Å². The van der Waals surface area contributed by atoms with E-state index in [9.17, 15) is 4.39 Å². The third kappa shape index (κ3) is 4.68. The van der Waals surface area contributed by atoms with Crippen molar-refractivity contribution in [2.75, 3.05) is 0 Å². The highest BCUT2D eigenvalue weighted by molar-refractivity contribution is 5.30. The Morgan fingerprint density at radius 1 is 0.952 bits per heavy atom. The highest BCUT2D eigenvalue weighted by Gasteiger charge is 2.11. The number of aryl methyl sites for hydroxylation is 2. The molecule has 0 aliphatic rings. The largest absolute Gasteiger partial charge is 0.307 e. The normalized spacial score (nSPS) is 14.0. The molecule has 0 amide bonds. The lowest BCUT2D eigenvalue weighted by Gasteiger charge is -2.21. The quantitative estimate of drug-likeness (QED) is 0.838. The van der Waals surface area contributed by atoms with Gasteiger partial charge in [-0.05, 0) is 57.4 Å². The first-order valence-electron chi connectivity index (χ1n) is 7.52. The molecular formula is C19H24FN. The molecule has 0 saturated carbocycles.